The lowest BCUT2D eigenvalue weighted by molar-refractivity contribution is 0.0725. The van der Waals surface area contributed by atoms with Crippen molar-refractivity contribution in [3.05, 3.63) is 64.5 Å². The van der Waals surface area contributed by atoms with Crippen molar-refractivity contribution in [1.29, 1.82) is 0 Å². The fourth-order valence-electron chi connectivity index (χ4n) is 4.16. The van der Waals surface area contributed by atoms with Gasteiger partial charge in [-0.05, 0) is 61.8 Å². The number of hydrogen-bond acceptors (Lipinski definition) is 5. The van der Waals surface area contributed by atoms with Crippen molar-refractivity contribution in [1.82, 2.24) is 9.97 Å². The molecule has 0 saturated heterocycles. The maximum Gasteiger partial charge on any atom is 0.188 e. The molecular formula is C23H25ClFN3OS. The van der Waals surface area contributed by atoms with E-state index in [1.165, 1.54) is 6.07 Å². The molecule has 2 heterocycles. The summed E-state index contributed by atoms with van der Waals surface area (Å²) >= 11 is 7.43. The third kappa shape index (κ3) is 4.93. The molecule has 1 fully saturated rings. The monoisotopic (exact) mass is 445 g/mol. The van der Waals surface area contributed by atoms with Crippen LogP contribution in [0.4, 0.5) is 15.3 Å². The van der Waals surface area contributed by atoms with Gasteiger partial charge in [0.2, 0.25) is 0 Å². The summed E-state index contributed by atoms with van der Waals surface area (Å²) in [5, 5.41) is 6.15. The van der Waals surface area contributed by atoms with Gasteiger partial charge in [-0.25, -0.2) is 14.4 Å². The molecule has 4 rings (SSSR count). The Morgan fingerprint density at radius 1 is 1.23 bits per heavy atom. The van der Waals surface area contributed by atoms with E-state index in [9.17, 15) is 4.39 Å². The first-order chi connectivity index (χ1) is 14.6. The zero-order valence-corrected chi connectivity index (χ0v) is 18.5. The number of halogens is 2. The lowest BCUT2D eigenvalue weighted by Crippen LogP contribution is -2.34. The van der Waals surface area contributed by atoms with Gasteiger partial charge in [-0.1, -0.05) is 37.1 Å². The third-order valence-corrected chi connectivity index (χ3v) is 6.96. The molecule has 1 aliphatic carbocycles. The first kappa shape index (κ1) is 21.1. The first-order valence-corrected chi connectivity index (χ1v) is 11.6. The molecule has 3 aromatic rings. The smallest absolute Gasteiger partial charge is 0.188 e. The van der Waals surface area contributed by atoms with E-state index in [-0.39, 0.29) is 22.3 Å². The number of thiazole rings is 1. The molecule has 0 atom stereocenters. The number of benzene rings is 1. The van der Waals surface area contributed by atoms with E-state index in [4.69, 9.17) is 21.3 Å². The average Bonchev–Trinajstić information content (AvgIpc) is 3.26. The number of hydrogen-bond donors (Lipinski definition) is 1. The van der Waals surface area contributed by atoms with E-state index in [0.29, 0.717) is 0 Å². The summed E-state index contributed by atoms with van der Waals surface area (Å²) in [5.41, 5.74) is 1.28. The van der Waals surface area contributed by atoms with Crippen LogP contribution in [-0.2, 0) is 6.42 Å². The van der Waals surface area contributed by atoms with Crippen molar-refractivity contribution in [3.8, 4) is 5.75 Å². The van der Waals surface area contributed by atoms with Crippen LogP contribution >= 0.6 is 22.9 Å². The van der Waals surface area contributed by atoms with Crippen molar-refractivity contribution in [2.24, 2.45) is 5.41 Å². The summed E-state index contributed by atoms with van der Waals surface area (Å²) in [6, 6.07) is 11.0. The number of aromatic nitrogens is 2. The number of nitrogens with one attached hydrogen (secondary N) is 1. The molecule has 1 aromatic carbocycles. The van der Waals surface area contributed by atoms with Crippen LogP contribution in [0, 0.1) is 11.2 Å². The molecule has 1 aliphatic rings. The summed E-state index contributed by atoms with van der Waals surface area (Å²) in [5.74, 6) is 0.599. The number of anilines is 2. The van der Waals surface area contributed by atoms with Crippen molar-refractivity contribution in [2.45, 2.75) is 51.6 Å². The Labute approximate surface area is 185 Å². The molecule has 1 saturated carbocycles. The Kier molecular flexibility index (Phi) is 6.54. The van der Waals surface area contributed by atoms with Crippen LogP contribution in [0.25, 0.3) is 0 Å². The molecule has 0 amide bonds. The molecule has 0 spiro atoms. The number of ether oxygens (including phenoxy) is 1. The molecule has 158 valence electrons. The summed E-state index contributed by atoms with van der Waals surface area (Å²) in [6.07, 6.45) is 7.66. The zero-order valence-electron chi connectivity index (χ0n) is 16.9. The Balaban J connectivity index is 1.39. The second kappa shape index (κ2) is 9.31. The molecule has 0 unspecified atom stereocenters. The van der Waals surface area contributed by atoms with Crippen molar-refractivity contribution < 1.29 is 9.13 Å². The highest BCUT2D eigenvalue weighted by atomic mass is 35.5. The SMILES string of the molecule is CCC1(Cc2cccc(Nc3nccs3)n2)CCC(Oc2cccc(Cl)c2F)CC1. The maximum absolute atomic E-state index is 14.2. The Bertz CT molecular complexity index is 974. The van der Waals surface area contributed by atoms with Crippen molar-refractivity contribution in [2.75, 3.05) is 5.32 Å². The third-order valence-electron chi connectivity index (χ3n) is 5.98. The topological polar surface area (TPSA) is 47.0 Å². The quantitative estimate of drug-likeness (QED) is 0.423. The van der Waals surface area contributed by atoms with E-state index >= 15 is 0 Å². The average molecular weight is 446 g/mol. The maximum atomic E-state index is 14.2. The molecule has 4 nitrogen and oxygen atoms in total. The molecule has 0 radical (unpaired) electrons. The van der Waals surface area contributed by atoms with Gasteiger partial charge in [0.25, 0.3) is 0 Å². The van der Waals surface area contributed by atoms with Crippen molar-refractivity contribution >= 4 is 33.9 Å². The van der Waals surface area contributed by atoms with Gasteiger partial charge in [-0.15, -0.1) is 11.3 Å². The summed E-state index contributed by atoms with van der Waals surface area (Å²) in [4.78, 5) is 9.06. The second-order valence-electron chi connectivity index (χ2n) is 7.88. The van der Waals surface area contributed by atoms with Gasteiger partial charge in [0.05, 0.1) is 11.1 Å². The lowest BCUT2D eigenvalue weighted by Gasteiger charge is -2.39. The van der Waals surface area contributed by atoms with Gasteiger partial charge < -0.3 is 10.1 Å². The zero-order chi connectivity index (χ0) is 21.0. The van der Waals surface area contributed by atoms with Gasteiger partial charge >= 0.3 is 0 Å². The predicted molar refractivity (Wildman–Crippen MR) is 120 cm³/mol. The molecule has 2 aromatic heterocycles. The highest BCUT2D eigenvalue weighted by molar-refractivity contribution is 7.13. The molecule has 1 N–H and O–H groups in total. The summed E-state index contributed by atoms with van der Waals surface area (Å²) in [7, 11) is 0. The Hall–Kier alpha value is -2.18. The van der Waals surface area contributed by atoms with E-state index in [2.05, 4.69) is 23.3 Å². The molecular weight excluding hydrogens is 421 g/mol. The highest BCUT2D eigenvalue weighted by Gasteiger charge is 2.35. The number of pyridine rings is 1. The van der Waals surface area contributed by atoms with Crippen LogP contribution in [-0.4, -0.2) is 16.1 Å². The fraction of sp³-hybridized carbons (Fsp3) is 0.391. The van der Waals surface area contributed by atoms with Crippen LogP contribution in [0.15, 0.2) is 48.0 Å². The number of rotatable bonds is 7. The highest BCUT2D eigenvalue weighted by Crippen LogP contribution is 2.43. The van der Waals surface area contributed by atoms with E-state index in [0.717, 1.165) is 55.2 Å². The summed E-state index contributed by atoms with van der Waals surface area (Å²) < 4.78 is 20.1. The van der Waals surface area contributed by atoms with Crippen LogP contribution in [0.2, 0.25) is 5.02 Å². The van der Waals surface area contributed by atoms with Crippen molar-refractivity contribution in [3.63, 3.8) is 0 Å². The minimum atomic E-state index is -0.472. The normalized spacial score (nSPS) is 21.4. The minimum absolute atomic E-state index is 0.0171. The minimum Gasteiger partial charge on any atom is -0.487 e. The van der Waals surface area contributed by atoms with Gasteiger partial charge in [0, 0.05) is 17.3 Å². The first-order valence-electron chi connectivity index (χ1n) is 10.3. The second-order valence-corrected chi connectivity index (χ2v) is 9.18. The molecule has 0 bridgehead atoms. The Morgan fingerprint density at radius 3 is 2.77 bits per heavy atom. The Morgan fingerprint density at radius 2 is 2.03 bits per heavy atom. The fourth-order valence-corrected chi connectivity index (χ4v) is 4.86. The largest absolute Gasteiger partial charge is 0.487 e. The van der Waals surface area contributed by atoms with Crippen LogP contribution in [0.5, 0.6) is 5.75 Å². The van der Waals surface area contributed by atoms with Crippen LogP contribution in [0.1, 0.15) is 44.7 Å². The van der Waals surface area contributed by atoms with Gasteiger partial charge in [-0.2, -0.15) is 0 Å². The van der Waals surface area contributed by atoms with E-state index < -0.39 is 5.82 Å². The lowest BCUT2D eigenvalue weighted by atomic mass is 9.68. The van der Waals surface area contributed by atoms with Gasteiger partial charge in [0.15, 0.2) is 16.7 Å². The van der Waals surface area contributed by atoms with Gasteiger partial charge in [0.1, 0.15) is 5.82 Å². The standard InChI is InChI=1S/C23H25ClFN3OS/c1-2-23(15-16-5-3-8-20(27-16)28-22-26-13-14-30-22)11-9-17(10-12-23)29-19-7-4-6-18(24)21(19)25/h3-8,13-14,17H,2,9-12,15H2,1H3,(H,26,27,28). The summed E-state index contributed by atoms with van der Waals surface area (Å²) in [6.45, 7) is 2.25. The van der Waals surface area contributed by atoms with E-state index in [1.807, 2.05) is 17.5 Å². The molecule has 0 aliphatic heterocycles. The van der Waals surface area contributed by atoms with Crippen LogP contribution in [0.3, 0.4) is 0 Å². The molecule has 7 heteroatoms. The molecule has 30 heavy (non-hydrogen) atoms. The predicted octanol–water partition coefficient (Wildman–Crippen LogP) is 7.03. The number of nitrogens with zero attached hydrogens (tertiary/aromatic N) is 2. The van der Waals surface area contributed by atoms with Crippen LogP contribution < -0.4 is 10.1 Å². The van der Waals surface area contributed by atoms with E-state index in [1.54, 1.807) is 29.7 Å². The van der Waals surface area contributed by atoms with Gasteiger partial charge in [-0.3, -0.25) is 0 Å².